The Kier molecular flexibility index (Phi) is 6.80. The topological polar surface area (TPSA) is 91.2 Å². The van der Waals surface area contributed by atoms with E-state index in [4.69, 9.17) is 5.11 Å². The Morgan fingerprint density at radius 1 is 1.27 bits per heavy atom. The number of rotatable bonds is 7. The van der Waals surface area contributed by atoms with Crippen molar-refractivity contribution in [1.82, 2.24) is 0 Å². The number of carboxylic acid groups (broad SMARTS) is 1. The van der Waals surface area contributed by atoms with Gasteiger partial charge in [-0.15, -0.1) is 0 Å². The van der Waals surface area contributed by atoms with E-state index >= 15 is 0 Å². The number of anilines is 2. The third-order valence-corrected chi connectivity index (χ3v) is 3.78. The van der Waals surface area contributed by atoms with Gasteiger partial charge in [0.25, 0.3) is 0 Å². The summed E-state index contributed by atoms with van der Waals surface area (Å²) in [5.41, 5.74) is -2.03. The molecule has 0 aliphatic carbocycles. The van der Waals surface area contributed by atoms with Crippen molar-refractivity contribution < 1.29 is 33.0 Å². The average Bonchev–Trinajstić information content (AvgIpc) is 2.59. The number of carbonyl (C=O) groups is 1. The molecule has 0 bridgehead atoms. The highest BCUT2D eigenvalue weighted by Gasteiger charge is 2.22. The van der Waals surface area contributed by atoms with E-state index in [-0.39, 0.29) is 18.9 Å². The molecule has 0 saturated heterocycles. The highest BCUT2D eigenvalue weighted by atomic mass is 127. The van der Waals surface area contributed by atoms with Crippen LogP contribution in [0.3, 0.4) is 0 Å². The predicted octanol–water partition coefficient (Wildman–Crippen LogP) is 3.49. The summed E-state index contributed by atoms with van der Waals surface area (Å²) in [4.78, 5) is 16.0. The van der Waals surface area contributed by atoms with Gasteiger partial charge in [0.15, 0.2) is 11.6 Å². The second-order valence-electron chi connectivity index (χ2n) is 4.86. The Hall–Kier alpha value is -2.34. The van der Waals surface area contributed by atoms with Gasteiger partial charge in [0, 0.05) is 9.13 Å². The molecule has 0 amide bonds. The fraction of sp³-hybridized carbons (Fsp3) is 0.125. The Morgan fingerprint density at radius 2 is 2.00 bits per heavy atom. The number of aromatic carboxylic acids is 1. The first-order valence-corrected chi connectivity index (χ1v) is 8.16. The average molecular weight is 480 g/mol. The maximum Gasteiger partial charge on any atom is 0.337 e. The summed E-state index contributed by atoms with van der Waals surface area (Å²) >= 11 is 1.87. The lowest BCUT2D eigenvalue weighted by molar-refractivity contribution is 0.0697. The van der Waals surface area contributed by atoms with Gasteiger partial charge in [-0.3, -0.25) is 0 Å². The Labute approximate surface area is 159 Å². The third-order valence-electron chi connectivity index (χ3n) is 3.10. The molecule has 26 heavy (non-hydrogen) atoms. The van der Waals surface area contributed by atoms with Crippen LogP contribution in [0, 0.1) is 21.0 Å². The van der Waals surface area contributed by atoms with E-state index in [1.165, 1.54) is 12.1 Å². The van der Waals surface area contributed by atoms with Crippen LogP contribution in [-0.2, 0) is 4.84 Å². The van der Waals surface area contributed by atoms with E-state index in [1.807, 2.05) is 22.6 Å². The minimum absolute atomic E-state index is 0.169. The van der Waals surface area contributed by atoms with E-state index in [1.54, 1.807) is 0 Å². The quantitative estimate of drug-likeness (QED) is 0.244. The molecule has 0 atom stereocenters. The number of carboxylic acids is 1. The summed E-state index contributed by atoms with van der Waals surface area (Å²) in [5.74, 6) is -5.20. The van der Waals surface area contributed by atoms with Crippen LogP contribution < -0.4 is 5.32 Å². The highest BCUT2D eigenvalue weighted by Crippen LogP contribution is 2.30. The molecule has 0 fully saturated rings. The van der Waals surface area contributed by atoms with Gasteiger partial charge in [-0.2, -0.15) is 0 Å². The summed E-state index contributed by atoms with van der Waals surface area (Å²) in [5, 5.41) is 23.4. The van der Waals surface area contributed by atoms with Crippen molar-refractivity contribution in [3.05, 3.63) is 56.4 Å². The van der Waals surface area contributed by atoms with E-state index in [0.29, 0.717) is 3.57 Å². The monoisotopic (exact) mass is 480 g/mol. The molecular weight excluding hydrogens is 468 g/mol. The zero-order valence-corrected chi connectivity index (χ0v) is 15.1. The number of aliphatic hydroxyl groups is 1. The Bertz CT molecular complexity index is 862. The summed E-state index contributed by atoms with van der Waals surface area (Å²) in [6.45, 7) is -0.503. The van der Waals surface area contributed by atoms with Crippen LogP contribution in [0.1, 0.15) is 15.9 Å². The number of oxime groups is 1. The Morgan fingerprint density at radius 3 is 2.62 bits per heavy atom. The maximum absolute atomic E-state index is 14.4. The van der Waals surface area contributed by atoms with Crippen LogP contribution in [0.15, 0.2) is 29.4 Å². The Balaban J connectivity index is 2.47. The van der Waals surface area contributed by atoms with Crippen molar-refractivity contribution in [3.8, 4) is 0 Å². The van der Waals surface area contributed by atoms with Crippen molar-refractivity contribution >= 4 is 46.1 Å². The summed E-state index contributed by atoms with van der Waals surface area (Å²) < 4.78 is 43.1. The van der Waals surface area contributed by atoms with Gasteiger partial charge in [-0.25, -0.2) is 18.0 Å². The number of nitrogens with zero attached hydrogens (tertiary/aromatic N) is 1. The minimum atomic E-state index is -1.55. The summed E-state index contributed by atoms with van der Waals surface area (Å²) in [6.07, 6.45) is 0.774. The smallest absolute Gasteiger partial charge is 0.337 e. The number of aliphatic hydroxyl groups excluding tert-OH is 1. The lowest BCUT2D eigenvalue weighted by Crippen LogP contribution is -2.10. The van der Waals surface area contributed by atoms with E-state index < -0.39 is 40.2 Å². The van der Waals surface area contributed by atoms with Gasteiger partial charge < -0.3 is 20.4 Å². The molecule has 3 N–H and O–H groups in total. The largest absolute Gasteiger partial charge is 0.478 e. The van der Waals surface area contributed by atoms with Crippen molar-refractivity contribution in [2.75, 3.05) is 18.5 Å². The molecule has 0 unspecified atom stereocenters. The first kappa shape index (κ1) is 20.0. The summed E-state index contributed by atoms with van der Waals surface area (Å²) in [6, 6.07) is 4.77. The lowest BCUT2D eigenvalue weighted by atomic mass is 10.1. The van der Waals surface area contributed by atoms with Crippen LogP contribution in [0.5, 0.6) is 0 Å². The highest BCUT2D eigenvalue weighted by molar-refractivity contribution is 14.1. The van der Waals surface area contributed by atoms with Crippen molar-refractivity contribution in [2.24, 2.45) is 5.16 Å². The first-order valence-electron chi connectivity index (χ1n) is 7.08. The molecule has 10 heteroatoms. The van der Waals surface area contributed by atoms with Crippen molar-refractivity contribution in [3.63, 3.8) is 0 Å². The van der Waals surface area contributed by atoms with Gasteiger partial charge in [-0.1, -0.05) is 5.16 Å². The minimum Gasteiger partial charge on any atom is -0.478 e. The molecule has 0 heterocycles. The second-order valence-corrected chi connectivity index (χ2v) is 6.11. The zero-order chi connectivity index (χ0) is 19.3. The molecule has 0 aliphatic heterocycles. The standard InChI is InChI=1S/C16H12F3IN2O4/c17-11-6-9(20)1-2-12(11)22-15-10(16(24)25)5-8(13(18)14(15)19)7-21-26-4-3-23/h1-2,5-7,22-23H,3-4H2,(H,24,25). The second kappa shape index (κ2) is 8.85. The molecule has 2 aromatic carbocycles. The zero-order valence-electron chi connectivity index (χ0n) is 13.0. The van der Waals surface area contributed by atoms with Gasteiger partial charge in [0.2, 0.25) is 0 Å². The molecule has 0 aromatic heterocycles. The van der Waals surface area contributed by atoms with Gasteiger partial charge in [0.1, 0.15) is 12.4 Å². The summed E-state index contributed by atoms with van der Waals surface area (Å²) in [7, 11) is 0. The number of benzene rings is 2. The van der Waals surface area contributed by atoms with Gasteiger partial charge in [0.05, 0.1) is 29.8 Å². The molecule has 138 valence electrons. The number of hydrogen-bond acceptors (Lipinski definition) is 5. The molecule has 2 rings (SSSR count). The maximum atomic E-state index is 14.4. The number of halogens is 4. The van der Waals surface area contributed by atoms with Crippen LogP contribution >= 0.6 is 22.6 Å². The van der Waals surface area contributed by atoms with Crippen molar-refractivity contribution in [1.29, 1.82) is 0 Å². The third kappa shape index (κ3) is 4.64. The van der Waals surface area contributed by atoms with E-state index in [0.717, 1.165) is 18.3 Å². The fourth-order valence-corrected chi connectivity index (χ4v) is 2.40. The van der Waals surface area contributed by atoms with E-state index in [9.17, 15) is 23.1 Å². The molecule has 6 nitrogen and oxygen atoms in total. The number of hydrogen-bond donors (Lipinski definition) is 3. The SMILES string of the molecule is O=C(O)c1cc(C=NOCCO)c(F)c(F)c1Nc1ccc(I)cc1F. The fourth-order valence-electron chi connectivity index (χ4n) is 1.94. The molecule has 0 saturated carbocycles. The normalized spacial score (nSPS) is 11.0. The predicted molar refractivity (Wildman–Crippen MR) is 96.3 cm³/mol. The lowest BCUT2D eigenvalue weighted by Gasteiger charge is -2.13. The number of nitrogens with one attached hydrogen (secondary N) is 1. The first-order chi connectivity index (χ1) is 12.3. The van der Waals surface area contributed by atoms with Crippen LogP contribution in [0.25, 0.3) is 0 Å². The molecular formula is C16H12F3IN2O4. The van der Waals surface area contributed by atoms with Crippen LogP contribution in [-0.4, -0.2) is 35.6 Å². The van der Waals surface area contributed by atoms with Crippen molar-refractivity contribution in [2.45, 2.75) is 0 Å². The van der Waals surface area contributed by atoms with E-state index in [2.05, 4.69) is 15.3 Å². The van der Waals surface area contributed by atoms with Crippen LogP contribution in [0.2, 0.25) is 0 Å². The van der Waals surface area contributed by atoms with Gasteiger partial charge >= 0.3 is 5.97 Å². The molecule has 2 aromatic rings. The molecule has 0 radical (unpaired) electrons. The molecule has 0 aliphatic rings. The van der Waals surface area contributed by atoms with Crippen LogP contribution in [0.4, 0.5) is 24.5 Å². The molecule has 0 spiro atoms. The van der Waals surface area contributed by atoms with Gasteiger partial charge in [-0.05, 0) is 46.9 Å².